The molecule has 1 atom stereocenters. The van der Waals surface area contributed by atoms with E-state index >= 15 is 0 Å². The average Bonchev–Trinajstić information content (AvgIpc) is 2.51. The van der Waals surface area contributed by atoms with Gasteiger partial charge in [0.1, 0.15) is 5.82 Å². The molecule has 3 rings (SSSR count). The van der Waals surface area contributed by atoms with Gasteiger partial charge in [-0.2, -0.15) is 0 Å². The molecule has 1 saturated heterocycles. The molecule has 0 bridgehead atoms. The number of nitrogens with zero attached hydrogens (tertiary/aromatic N) is 2. The predicted molar refractivity (Wildman–Crippen MR) is 81.8 cm³/mol. The first-order valence-electron chi connectivity index (χ1n) is 8.18. The van der Waals surface area contributed by atoms with Crippen LogP contribution in [0, 0.1) is 5.92 Å². The molecule has 2 heterocycles. The molecule has 0 aromatic carbocycles. The molecule has 1 aromatic rings. The Morgan fingerprint density at radius 3 is 2.65 bits per heavy atom. The second kappa shape index (κ2) is 7.02. The summed E-state index contributed by atoms with van der Waals surface area (Å²) in [6, 6.07) is 0.603. The van der Waals surface area contributed by atoms with Crippen LogP contribution in [0.2, 0.25) is 0 Å². The Kier molecular flexibility index (Phi) is 4.85. The molecule has 2 aliphatic rings. The van der Waals surface area contributed by atoms with Gasteiger partial charge in [0.2, 0.25) is 0 Å². The van der Waals surface area contributed by atoms with E-state index in [9.17, 15) is 0 Å². The third kappa shape index (κ3) is 3.92. The summed E-state index contributed by atoms with van der Waals surface area (Å²) >= 11 is 0. The maximum absolute atomic E-state index is 4.59. The smallest absolute Gasteiger partial charge is 0.144 e. The summed E-state index contributed by atoms with van der Waals surface area (Å²) in [7, 11) is 0. The fraction of sp³-hybridized carbons (Fsp3) is 0.750. The molecule has 0 unspecified atom stereocenters. The van der Waals surface area contributed by atoms with Crippen LogP contribution in [-0.4, -0.2) is 29.1 Å². The first-order valence-corrected chi connectivity index (χ1v) is 8.18. The number of hydrogen-bond donors (Lipinski definition) is 2. The molecule has 1 aliphatic heterocycles. The van der Waals surface area contributed by atoms with Gasteiger partial charge in [-0.05, 0) is 51.1 Å². The van der Waals surface area contributed by atoms with Gasteiger partial charge < -0.3 is 10.6 Å². The van der Waals surface area contributed by atoms with Crippen molar-refractivity contribution in [1.29, 1.82) is 0 Å². The topological polar surface area (TPSA) is 49.8 Å². The maximum atomic E-state index is 4.59. The monoisotopic (exact) mass is 274 g/mol. The van der Waals surface area contributed by atoms with Gasteiger partial charge in [-0.1, -0.05) is 19.3 Å². The van der Waals surface area contributed by atoms with E-state index in [2.05, 4.69) is 20.6 Å². The zero-order valence-electron chi connectivity index (χ0n) is 12.3. The lowest BCUT2D eigenvalue weighted by Crippen LogP contribution is -2.31. The van der Waals surface area contributed by atoms with Crippen molar-refractivity contribution in [3.63, 3.8) is 0 Å². The summed E-state index contributed by atoms with van der Waals surface area (Å²) in [5.41, 5.74) is 1.13. The third-order valence-electron chi connectivity index (χ3n) is 4.56. The first-order chi connectivity index (χ1) is 9.90. The zero-order chi connectivity index (χ0) is 13.6. The summed E-state index contributed by atoms with van der Waals surface area (Å²) in [6.45, 7) is 2.30. The lowest BCUT2D eigenvalue weighted by molar-refractivity contribution is 0.373. The highest BCUT2D eigenvalue weighted by Crippen LogP contribution is 2.21. The SMILES string of the molecule is c1nc(NC2CCCCC2)cnc1C[C@H]1CCCNC1. The maximum Gasteiger partial charge on any atom is 0.144 e. The number of piperidine rings is 1. The first kappa shape index (κ1) is 13.8. The lowest BCUT2D eigenvalue weighted by Gasteiger charge is -2.23. The molecule has 2 fully saturated rings. The van der Waals surface area contributed by atoms with Gasteiger partial charge in [0.25, 0.3) is 0 Å². The van der Waals surface area contributed by atoms with Gasteiger partial charge >= 0.3 is 0 Å². The van der Waals surface area contributed by atoms with Crippen molar-refractivity contribution < 1.29 is 0 Å². The highest BCUT2D eigenvalue weighted by Gasteiger charge is 2.15. The van der Waals surface area contributed by atoms with Crippen molar-refractivity contribution >= 4 is 5.82 Å². The molecule has 0 radical (unpaired) electrons. The minimum absolute atomic E-state index is 0.603. The van der Waals surface area contributed by atoms with Crippen molar-refractivity contribution in [2.24, 2.45) is 5.92 Å². The lowest BCUT2D eigenvalue weighted by atomic mass is 9.95. The van der Waals surface area contributed by atoms with Crippen molar-refractivity contribution in [3.8, 4) is 0 Å². The van der Waals surface area contributed by atoms with Crippen LogP contribution in [-0.2, 0) is 6.42 Å². The van der Waals surface area contributed by atoms with E-state index in [1.165, 1.54) is 51.5 Å². The highest BCUT2D eigenvalue weighted by atomic mass is 15.0. The molecule has 110 valence electrons. The third-order valence-corrected chi connectivity index (χ3v) is 4.56. The molecule has 0 amide bonds. The van der Waals surface area contributed by atoms with Gasteiger partial charge in [0, 0.05) is 6.04 Å². The number of hydrogen-bond acceptors (Lipinski definition) is 4. The number of rotatable bonds is 4. The molecule has 1 aromatic heterocycles. The Morgan fingerprint density at radius 1 is 1.05 bits per heavy atom. The van der Waals surface area contributed by atoms with E-state index in [0.29, 0.717) is 6.04 Å². The molecule has 4 heteroatoms. The Labute approximate surface area is 121 Å². The number of anilines is 1. The molecule has 20 heavy (non-hydrogen) atoms. The van der Waals surface area contributed by atoms with E-state index in [1.807, 2.05) is 12.4 Å². The molecule has 1 saturated carbocycles. The Hall–Kier alpha value is -1.16. The summed E-state index contributed by atoms with van der Waals surface area (Å²) in [4.78, 5) is 9.13. The van der Waals surface area contributed by atoms with E-state index in [0.717, 1.165) is 30.4 Å². The van der Waals surface area contributed by atoms with Crippen LogP contribution in [0.15, 0.2) is 12.4 Å². The minimum atomic E-state index is 0.603. The second-order valence-corrected chi connectivity index (χ2v) is 6.29. The van der Waals surface area contributed by atoms with E-state index < -0.39 is 0 Å². The summed E-state index contributed by atoms with van der Waals surface area (Å²) in [5.74, 6) is 1.68. The fourth-order valence-corrected chi connectivity index (χ4v) is 3.38. The van der Waals surface area contributed by atoms with Gasteiger partial charge in [-0.25, -0.2) is 4.98 Å². The van der Waals surface area contributed by atoms with Crippen molar-refractivity contribution in [3.05, 3.63) is 18.1 Å². The van der Waals surface area contributed by atoms with Crippen LogP contribution >= 0.6 is 0 Å². The largest absolute Gasteiger partial charge is 0.366 e. The van der Waals surface area contributed by atoms with E-state index in [4.69, 9.17) is 0 Å². The zero-order valence-corrected chi connectivity index (χ0v) is 12.3. The van der Waals surface area contributed by atoms with Crippen molar-refractivity contribution in [2.45, 2.75) is 57.4 Å². The van der Waals surface area contributed by atoms with Crippen molar-refractivity contribution in [1.82, 2.24) is 15.3 Å². The van der Waals surface area contributed by atoms with Gasteiger partial charge in [0.15, 0.2) is 0 Å². The molecular weight excluding hydrogens is 248 g/mol. The molecular formula is C16H26N4. The summed E-state index contributed by atoms with van der Waals surface area (Å²) in [5, 5.41) is 6.99. The van der Waals surface area contributed by atoms with E-state index in [1.54, 1.807) is 0 Å². The Morgan fingerprint density at radius 2 is 1.95 bits per heavy atom. The van der Waals surface area contributed by atoms with Crippen LogP contribution in [0.1, 0.15) is 50.6 Å². The highest BCUT2D eigenvalue weighted by molar-refractivity contribution is 5.32. The van der Waals surface area contributed by atoms with Crippen LogP contribution in [0.3, 0.4) is 0 Å². The fourth-order valence-electron chi connectivity index (χ4n) is 3.38. The van der Waals surface area contributed by atoms with Gasteiger partial charge in [-0.15, -0.1) is 0 Å². The van der Waals surface area contributed by atoms with E-state index in [-0.39, 0.29) is 0 Å². The van der Waals surface area contributed by atoms with Crippen LogP contribution in [0.5, 0.6) is 0 Å². The molecule has 2 N–H and O–H groups in total. The quantitative estimate of drug-likeness (QED) is 0.886. The normalized spacial score (nSPS) is 24.5. The van der Waals surface area contributed by atoms with Gasteiger partial charge in [0.05, 0.1) is 18.1 Å². The van der Waals surface area contributed by atoms with Gasteiger partial charge in [-0.3, -0.25) is 4.98 Å². The Bertz CT molecular complexity index is 352. The summed E-state index contributed by atoms with van der Waals surface area (Å²) < 4.78 is 0. The predicted octanol–water partition coefficient (Wildman–Crippen LogP) is 2.76. The summed E-state index contributed by atoms with van der Waals surface area (Å²) in [6.07, 6.45) is 14.2. The Balaban J connectivity index is 1.51. The average molecular weight is 274 g/mol. The van der Waals surface area contributed by atoms with Crippen LogP contribution in [0.25, 0.3) is 0 Å². The minimum Gasteiger partial charge on any atom is -0.366 e. The number of aromatic nitrogens is 2. The molecule has 0 spiro atoms. The second-order valence-electron chi connectivity index (χ2n) is 6.29. The standard InChI is InChI=1S/C16H26N4/c1-2-6-14(7-3-1)20-16-12-18-15(11-19-16)9-13-5-4-8-17-10-13/h11-14,17H,1-10H2,(H,19,20)/t13-/m1/s1. The van der Waals surface area contributed by atoms with Crippen LogP contribution in [0.4, 0.5) is 5.82 Å². The molecule has 4 nitrogen and oxygen atoms in total. The van der Waals surface area contributed by atoms with Crippen LogP contribution < -0.4 is 10.6 Å². The number of nitrogens with one attached hydrogen (secondary N) is 2. The van der Waals surface area contributed by atoms with Crippen molar-refractivity contribution in [2.75, 3.05) is 18.4 Å². The molecule has 1 aliphatic carbocycles.